The molecule has 2 aromatic rings. The standard InChI is InChI=1S/C12H9F2NO/c13-8-4-3-7-10(16)5-9(6-1-2-6)15-12(7)11(8)14/h3-6H,1-2H2,(H,15,16). The van der Waals surface area contributed by atoms with Gasteiger partial charge in [-0.2, -0.15) is 0 Å². The predicted octanol–water partition coefficient (Wildman–Crippen LogP) is 2.68. The fourth-order valence-electron chi connectivity index (χ4n) is 1.89. The zero-order valence-corrected chi connectivity index (χ0v) is 8.39. The Balaban J connectivity index is 2.38. The van der Waals surface area contributed by atoms with Crippen LogP contribution in [0.5, 0.6) is 0 Å². The molecule has 0 spiro atoms. The maximum atomic E-state index is 13.5. The second-order valence-corrected chi connectivity index (χ2v) is 4.15. The van der Waals surface area contributed by atoms with Crippen molar-refractivity contribution in [2.24, 2.45) is 0 Å². The number of hydrogen-bond acceptors (Lipinski definition) is 1. The topological polar surface area (TPSA) is 32.9 Å². The summed E-state index contributed by atoms with van der Waals surface area (Å²) in [7, 11) is 0. The third-order valence-electron chi connectivity index (χ3n) is 2.93. The van der Waals surface area contributed by atoms with Crippen LogP contribution in [-0.4, -0.2) is 4.98 Å². The van der Waals surface area contributed by atoms with Crippen LogP contribution in [0.25, 0.3) is 10.9 Å². The van der Waals surface area contributed by atoms with E-state index in [1.807, 2.05) is 0 Å². The highest BCUT2D eigenvalue weighted by molar-refractivity contribution is 5.79. The van der Waals surface area contributed by atoms with Crippen LogP contribution in [0, 0.1) is 11.6 Å². The number of nitrogens with one attached hydrogen (secondary N) is 1. The lowest BCUT2D eigenvalue weighted by atomic mass is 10.1. The third-order valence-corrected chi connectivity index (χ3v) is 2.93. The first-order valence-corrected chi connectivity index (χ1v) is 5.18. The van der Waals surface area contributed by atoms with Gasteiger partial charge in [-0.25, -0.2) is 8.78 Å². The molecule has 1 N–H and O–H groups in total. The molecule has 1 fully saturated rings. The average Bonchev–Trinajstić information content (AvgIpc) is 3.07. The fourth-order valence-corrected chi connectivity index (χ4v) is 1.89. The summed E-state index contributed by atoms with van der Waals surface area (Å²) in [5.74, 6) is -1.60. The summed E-state index contributed by atoms with van der Waals surface area (Å²) in [6, 6.07) is 3.77. The van der Waals surface area contributed by atoms with Gasteiger partial charge in [-0.3, -0.25) is 4.79 Å². The molecule has 4 heteroatoms. The number of halogens is 2. The molecule has 1 aliphatic rings. The first kappa shape index (κ1) is 9.51. The molecule has 0 amide bonds. The van der Waals surface area contributed by atoms with Crippen molar-refractivity contribution in [3.05, 3.63) is 45.8 Å². The van der Waals surface area contributed by atoms with Crippen molar-refractivity contribution in [3.8, 4) is 0 Å². The van der Waals surface area contributed by atoms with Crippen LogP contribution in [0.3, 0.4) is 0 Å². The van der Waals surface area contributed by atoms with Gasteiger partial charge >= 0.3 is 0 Å². The number of rotatable bonds is 1. The fraction of sp³-hybridized carbons (Fsp3) is 0.250. The normalized spacial score (nSPS) is 15.6. The van der Waals surface area contributed by atoms with Crippen LogP contribution in [0.2, 0.25) is 0 Å². The molecule has 16 heavy (non-hydrogen) atoms. The summed E-state index contributed by atoms with van der Waals surface area (Å²) >= 11 is 0. The van der Waals surface area contributed by atoms with Gasteiger partial charge < -0.3 is 4.98 Å². The first-order valence-electron chi connectivity index (χ1n) is 5.18. The van der Waals surface area contributed by atoms with Gasteiger partial charge in [-0.05, 0) is 30.9 Å². The lowest BCUT2D eigenvalue weighted by molar-refractivity contribution is 0.515. The highest BCUT2D eigenvalue weighted by atomic mass is 19.2. The van der Waals surface area contributed by atoms with E-state index < -0.39 is 11.6 Å². The van der Waals surface area contributed by atoms with Crippen LogP contribution < -0.4 is 5.43 Å². The van der Waals surface area contributed by atoms with Crippen LogP contribution in [-0.2, 0) is 0 Å². The van der Waals surface area contributed by atoms with Crippen LogP contribution >= 0.6 is 0 Å². The van der Waals surface area contributed by atoms with E-state index in [1.165, 1.54) is 12.1 Å². The highest BCUT2D eigenvalue weighted by Gasteiger charge is 2.25. The predicted molar refractivity (Wildman–Crippen MR) is 56.5 cm³/mol. The van der Waals surface area contributed by atoms with E-state index in [0.29, 0.717) is 11.6 Å². The number of pyridine rings is 1. The number of aromatic amines is 1. The minimum atomic E-state index is -0.975. The molecule has 0 saturated heterocycles. The second kappa shape index (κ2) is 3.14. The van der Waals surface area contributed by atoms with Crippen molar-refractivity contribution in [1.29, 1.82) is 0 Å². The molecular formula is C12H9F2NO. The summed E-state index contributed by atoms with van der Waals surface area (Å²) in [6.07, 6.45) is 2.00. The molecule has 82 valence electrons. The van der Waals surface area contributed by atoms with Crippen molar-refractivity contribution in [2.45, 2.75) is 18.8 Å². The van der Waals surface area contributed by atoms with Crippen molar-refractivity contribution >= 4 is 10.9 Å². The van der Waals surface area contributed by atoms with E-state index >= 15 is 0 Å². The molecule has 3 rings (SSSR count). The minimum Gasteiger partial charge on any atom is -0.355 e. The molecule has 1 aliphatic carbocycles. The summed E-state index contributed by atoms with van der Waals surface area (Å²) in [6.45, 7) is 0. The maximum Gasteiger partial charge on any atom is 0.189 e. The van der Waals surface area contributed by atoms with Gasteiger partial charge in [0.05, 0.1) is 5.52 Å². The van der Waals surface area contributed by atoms with Crippen LogP contribution in [0.1, 0.15) is 24.5 Å². The molecule has 0 radical (unpaired) electrons. The van der Waals surface area contributed by atoms with E-state index in [4.69, 9.17) is 0 Å². The zero-order chi connectivity index (χ0) is 11.3. The first-order chi connectivity index (χ1) is 7.66. The van der Waals surface area contributed by atoms with Crippen molar-refractivity contribution in [2.75, 3.05) is 0 Å². The van der Waals surface area contributed by atoms with Gasteiger partial charge in [0.25, 0.3) is 0 Å². The summed E-state index contributed by atoms with van der Waals surface area (Å²) in [5, 5.41) is 0.198. The monoisotopic (exact) mass is 221 g/mol. The van der Waals surface area contributed by atoms with Gasteiger partial charge in [0.1, 0.15) is 0 Å². The van der Waals surface area contributed by atoms with E-state index in [0.717, 1.165) is 18.9 Å². The Morgan fingerprint density at radius 1 is 1.25 bits per heavy atom. The Morgan fingerprint density at radius 2 is 2.00 bits per heavy atom. The number of aromatic nitrogens is 1. The number of H-pyrrole nitrogens is 1. The Labute approximate surface area is 89.9 Å². The lowest BCUT2D eigenvalue weighted by Gasteiger charge is -2.04. The smallest absolute Gasteiger partial charge is 0.189 e. The summed E-state index contributed by atoms with van der Waals surface area (Å²) < 4.78 is 26.5. The summed E-state index contributed by atoms with van der Waals surface area (Å²) in [5.41, 5.74) is 0.436. The Bertz CT molecular complexity index is 629. The molecular weight excluding hydrogens is 212 g/mol. The number of hydrogen-bond donors (Lipinski definition) is 1. The van der Waals surface area contributed by atoms with Crippen LogP contribution in [0.15, 0.2) is 23.0 Å². The molecule has 1 saturated carbocycles. The van der Waals surface area contributed by atoms with Crippen molar-refractivity contribution < 1.29 is 8.78 Å². The maximum absolute atomic E-state index is 13.5. The van der Waals surface area contributed by atoms with Crippen molar-refractivity contribution in [1.82, 2.24) is 4.98 Å². The van der Waals surface area contributed by atoms with Gasteiger partial charge in [-0.15, -0.1) is 0 Å². The molecule has 1 heterocycles. The molecule has 1 aromatic heterocycles. The second-order valence-electron chi connectivity index (χ2n) is 4.15. The quantitative estimate of drug-likeness (QED) is 0.789. The number of fused-ring (bicyclic) bond motifs is 1. The number of benzene rings is 1. The summed E-state index contributed by atoms with van der Waals surface area (Å²) in [4.78, 5) is 14.5. The van der Waals surface area contributed by atoms with Gasteiger partial charge in [-0.1, -0.05) is 0 Å². The van der Waals surface area contributed by atoms with Gasteiger partial charge in [0.2, 0.25) is 0 Å². The minimum absolute atomic E-state index is 0.0191. The van der Waals surface area contributed by atoms with E-state index in [-0.39, 0.29) is 16.3 Å². The molecule has 0 bridgehead atoms. The molecule has 0 atom stereocenters. The van der Waals surface area contributed by atoms with E-state index in [9.17, 15) is 13.6 Å². The van der Waals surface area contributed by atoms with E-state index in [1.54, 1.807) is 0 Å². The Hall–Kier alpha value is -1.71. The molecule has 1 aromatic carbocycles. The van der Waals surface area contributed by atoms with Gasteiger partial charge in [0.15, 0.2) is 17.1 Å². The zero-order valence-electron chi connectivity index (χ0n) is 8.39. The van der Waals surface area contributed by atoms with Crippen molar-refractivity contribution in [3.63, 3.8) is 0 Å². The van der Waals surface area contributed by atoms with Crippen LogP contribution in [0.4, 0.5) is 8.78 Å². The Morgan fingerprint density at radius 3 is 2.69 bits per heavy atom. The molecule has 0 unspecified atom stereocenters. The van der Waals surface area contributed by atoms with Gasteiger partial charge in [0, 0.05) is 17.1 Å². The lowest BCUT2D eigenvalue weighted by Crippen LogP contribution is -2.06. The molecule has 2 nitrogen and oxygen atoms in total. The molecule has 0 aliphatic heterocycles. The highest BCUT2D eigenvalue weighted by Crippen LogP contribution is 2.38. The average molecular weight is 221 g/mol. The van der Waals surface area contributed by atoms with E-state index in [2.05, 4.69) is 4.98 Å². The third kappa shape index (κ3) is 1.33. The Kier molecular flexibility index (Phi) is 1.87. The SMILES string of the molecule is O=c1cc(C2CC2)[nH]c2c(F)c(F)ccc12. The largest absolute Gasteiger partial charge is 0.355 e.